The van der Waals surface area contributed by atoms with E-state index in [1.807, 2.05) is 36.1 Å². The van der Waals surface area contributed by atoms with Crippen LogP contribution in [0.2, 0.25) is 0 Å². The third-order valence-electron chi connectivity index (χ3n) is 5.21. The third-order valence-corrected chi connectivity index (χ3v) is 5.21. The molecule has 0 radical (unpaired) electrons. The standard InChI is InChI=1S/C19H25NO4/c1-13-2-6-16(7-3-13)24-17-8-10-20(11-9-17)18(21)14-4-5-15(12-14)19(22)23/h2-3,6-7,14-15,17H,4-5,8-12H2,1H3,(H,22,23)/t14-,15+/m1/s1. The van der Waals surface area contributed by atoms with Gasteiger partial charge in [0.25, 0.3) is 0 Å². The van der Waals surface area contributed by atoms with Crippen LogP contribution in [0.5, 0.6) is 5.75 Å². The number of carboxylic acids is 1. The van der Waals surface area contributed by atoms with Gasteiger partial charge in [-0.25, -0.2) is 0 Å². The Hall–Kier alpha value is -2.04. The van der Waals surface area contributed by atoms with E-state index in [1.165, 1.54) is 5.56 Å². The van der Waals surface area contributed by atoms with Crippen LogP contribution < -0.4 is 4.74 Å². The lowest BCUT2D eigenvalue weighted by molar-refractivity contribution is -0.141. The summed E-state index contributed by atoms with van der Waals surface area (Å²) in [4.78, 5) is 25.5. The zero-order valence-corrected chi connectivity index (χ0v) is 14.1. The van der Waals surface area contributed by atoms with Crippen LogP contribution in [0.3, 0.4) is 0 Å². The van der Waals surface area contributed by atoms with Crippen LogP contribution >= 0.6 is 0 Å². The van der Waals surface area contributed by atoms with Gasteiger partial charge in [0, 0.05) is 31.8 Å². The quantitative estimate of drug-likeness (QED) is 0.921. The summed E-state index contributed by atoms with van der Waals surface area (Å²) >= 11 is 0. The van der Waals surface area contributed by atoms with Crippen LogP contribution in [0.1, 0.15) is 37.7 Å². The summed E-state index contributed by atoms with van der Waals surface area (Å²) in [6.07, 6.45) is 3.62. The van der Waals surface area contributed by atoms with Crippen molar-refractivity contribution in [2.24, 2.45) is 11.8 Å². The average Bonchev–Trinajstić information content (AvgIpc) is 3.07. The van der Waals surface area contributed by atoms with E-state index in [4.69, 9.17) is 9.84 Å². The number of likely N-dealkylation sites (tertiary alicyclic amines) is 1. The van der Waals surface area contributed by atoms with Gasteiger partial charge in [-0.2, -0.15) is 0 Å². The molecular weight excluding hydrogens is 306 g/mol. The first-order chi connectivity index (χ1) is 11.5. The SMILES string of the molecule is Cc1ccc(OC2CCN(C(=O)[C@@H]3CC[C@H](C(=O)O)C3)CC2)cc1. The van der Waals surface area contributed by atoms with E-state index in [0.717, 1.165) is 18.6 Å². The van der Waals surface area contributed by atoms with E-state index in [9.17, 15) is 9.59 Å². The maximum absolute atomic E-state index is 12.6. The first-order valence-corrected chi connectivity index (χ1v) is 8.78. The number of rotatable bonds is 4. The molecule has 5 heteroatoms. The number of aliphatic carboxylic acids is 1. The Morgan fingerprint density at radius 1 is 1.04 bits per heavy atom. The summed E-state index contributed by atoms with van der Waals surface area (Å²) in [6, 6.07) is 8.04. The van der Waals surface area contributed by atoms with E-state index in [2.05, 4.69) is 0 Å². The van der Waals surface area contributed by atoms with Crippen LogP contribution in [-0.2, 0) is 9.59 Å². The summed E-state index contributed by atoms with van der Waals surface area (Å²) in [5.41, 5.74) is 1.21. The van der Waals surface area contributed by atoms with Gasteiger partial charge in [-0.05, 0) is 38.3 Å². The molecule has 2 aliphatic rings. The number of ether oxygens (including phenoxy) is 1. The molecule has 130 valence electrons. The van der Waals surface area contributed by atoms with Crippen molar-refractivity contribution in [2.45, 2.75) is 45.1 Å². The molecule has 1 amide bonds. The molecule has 3 rings (SSSR count). The van der Waals surface area contributed by atoms with E-state index >= 15 is 0 Å². The van der Waals surface area contributed by atoms with Gasteiger partial charge in [0.1, 0.15) is 11.9 Å². The lowest BCUT2D eigenvalue weighted by atomic mass is 10.0. The van der Waals surface area contributed by atoms with Gasteiger partial charge in [0.05, 0.1) is 5.92 Å². The fourth-order valence-corrected chi connectivity index (χ4v) is 3.69. The minimum absolute atomic E-state index is 0.110. The molecule has 0 spiro atoms. The van der Waals surface area contributed by atoms with Crippen molar-refractivity contribution in [1.82, 2.24) is 4.90 Å². The Kier molecular flexibility index (Phi) is 5.07. The lowest BCUT2D eigenvalue weighted by Crippen LogP contribution is -2.44. The highest BCUT2D eigenvalue weighted by Gasteiger charge is 2.36. The van der Waals surface area contributed by atoms with Gasteiger partial charge in [-0.1, -0.05) is 17.7 Å². The van der Waals surface area contributed by atoms with Gasteiger partial charge < -0.3 is 14.7 Å². The number of amides is 1. The number of benzene rings is 1. The highest BCUT2D eigenvalue weighted by atomic mass is 16.5. The molecule has 1 N–H and O–H groups in total. The molecule has 0 aromatic heterocycles. The number of hydrogen-bond acceptors (Lipinski definition) is 3. The van der Waals surface area contributed by atoms with E-state index in [1.54, 1.807) is 0 Å². The molecule has 2 fully saturated rings. The van der Waals surface area contributed by atoms with Crippen LogP contribution in [-0.4, -0.2) is 41.1 Å². The molecule has 24 heavy (non-hydrogen) atoms. The van der Waals surface area contributed by atoms with Crippen molar-refractivity contribution >= 4 is 11.9 Å². The zero-order valence-electron chi connectivity index (χ0n) is 14.1. The molecule has 1 aromatic rings. The van der Waals surface area contributed by atoms with Crippen molar-refractivity contribution in [3.63, 3.8) is 0 Å². The summed E-state index contributed by atoms with van der Waals surface area (Å²) in [7, 11) is 0. The molecule has 0 bridgehead atoms. The smallest absolute Gasteiger partial charge is 0.306 e. The van der Waals surface area contributed by atoms with Gasteiger partial charge >= 0.3 is 5.97 Å². The van der Waals surface area contributed by atoms with Crippen molar-refractivity contribution in [3.8, 4) is 5.75 Å². The normalized spacial score (nSPS) is 24.8. The van der Waals surface area contributed by atoms with E-state index in [0.29, 0.717) is 32.4 Å². The van der Waals surface area contributed by atoms with Gasteiger partial charge in [-0.3, -0.25) is 9.59 Å². The minimum atomic E-state index is -0.768. The minimum Gasteiger partial charge on any atom is -0.490 e. The van der Waals surface area contributed by atoms with Gasteiger partial charge in [0.2, 0.25) is 5.91 Å². The highest BCUT2D eigenvalue weighted by molar-refractivity contribution is 5.81. The Morgan fingerprint density at radius 2 is 1.67 bits per heavy atom. The molecular formula is C19H25NO4. The molecule has 0 unspecified atom stereocenters. The maximum Gasteiger partial charge on any atom is 0.306 e. The van der Waals surface area contributed by atoms with Crippen LogP contribution in [0.15, 0.2) is 24.3 Å². The van der Waals surface area contributed by atoms with E-state index < -0.39 is 5.97 Å². The summed E-state index contributed by atoms with van der Waals surface area (Å²) in [5.74, 6) is -0.212. The van der Waals surface area contributed by atoms with E-state index in [-0.39, 0.29) is 23.8 Å². The van der Waals surface area contributed by atoms with Gasteiger partial charge in [0.15, 0.2) is 0 Å². The fraction of sp³-hybridized carbons (Fsp3) is 0.579. The fourth-order valence-electron chi connectivity index (χ4n) is 3.69. The Balaban J connectivity index is 1.47. The number of hydrogen-bond donors (Lipinski definition) is 1. The van der Waals surface area contributed by atoms with Gasteiger partial charge in [-0.15, -0.1) is 0 Å². The Morgan fingerprint density at radius 3 is 2.25 bits per heavy atom. The molecule has 1 aromatic carbocycles. The number of piperidine rings is 1. The van der Waals surface area contributed by atoms with Crippen molar-refractivity contribution in [2.75, 3.05) is 13.1 Å². The number of carbonyl (C=O) groups excluding carboxylic acids is 1. The molecule has 1 saturated carbocycles. The lowest BCUT2D eigenvalue weighted by Gasteiger charge is -2.33. The zero-order chi connectivity index (χ0) is 17.1. The topological polar surface area (TPSA) is 66.8 Å². The third kappa shape index (κ3) is 3.89. The van der Waals surface area contributed by atoms with Crippen LogP contribution in [0.25, 0.3) is 0 Å². The predicted molar refractivity (Wildman–Crippen MR) is 89.9 cm³/mol. The molecule has 1 aliphatic heterocycles. The molecule has 5 nitrogen and oxygen atoms in total. The van der Waals surface area contributed by atoms with Crippen molar-refractivity contribution in [1.29, 1.82) is 0 Å². The first-order valence-electron chi connectivity index (χ1n) is 8.78. The molecule has 2 atom stereocenters. The van der Waals surface area contributed by atoms with Crippen molar-refractivity contribution in [3.05, 3.63) is 29.8 Å². The molecule has 1 saturated heterocycles. The predicted octanol–water partition coefficient (Wildman–Crippen LogP) is 2.87. The second kappa shape index (κ2) is 7.24. The number of aryl methyl sites for hydroxylation is 1. The summed E-state index contributed by atoms with van der Waals surface area (Å²) in [5, 5.41) is 9.07. The Labute approximate surface area is 142 Å². The first kappa shape index (κ1) is 16.8. The van der Waals surface area contributed by atoms with Crippen LogP contribution in [0.4, 0.5) is 0 Å². The molecule has 1 aliphatic carbocycles. The van der Waals surface area contributed by atoms with Crippen LogP contribution in [0, 0.1) is 18.8 Å². The highest BCUT2D eigenvalue weighted by Crippen LogP contribution is 2.33. The largest absolute Gasteiger partial charge is 0.490 e. The summed E-state index contributed by atoms with van der Waals surface area (Å²) < 4.78 is 6.00. The number of carbonyl (C=O) groups is 2. The summed E-state index contributed by atoms with van der Waals surface area (Å²) in [6.45, 7) is 3.44. The Bertz CT molecular complexity index is 590. The maximum atomic E-state index is 12.6. The van der Waals surface area contributed by atoms with Crippen molar-refractivity contribution < 1.29 is 19.4 Å². The number of carboxylic acid groups (broad SMARTS) is 1. The average molecular weight is 331 g/mol. The second-order valence-electron chi connectivity index (χ2n) is 7.00. The monoisotopic (exact) mass is 331 g/mol. The molecule has 1 heterocycles. The second-order valence-corrected chi connectivity index (χ2v) is 7.00. The number of nitrogens with zero attached hydrogens (tertiary/aromatic N) is 1.